The Morgan fingerprint density at radius 1 is 1.00 bits per heavy atom. The fourth-order valence-corrected chi connectivity index (χ4v) is 3.73. The van der Waals surface area contributed by atoms with Gasteiger partial charge in [0.2, 0.25) is 5.95 Å². The predicted molar refractivity (Wildman–Crippen MR) is 138 cm³/mol. The predicted octanol–water partition coefficient (Wildman–Crippen LogP) is 5.11. The second kappa shape index (κ2) is 9.69. The van der Waals surface area contributed by atoms with Crippen molar-refractivity contribution in [1.82, 2.24) is 14.7 Å². The number of aromatic nitrogens is 3. The zero-order valence-corrected chi connectivity index (χ0v) is 21.2. The molecule has 0 spiro atoms. The highest BCUT2D eigenvalue weighted by Gasteiger charge is 2.31. The van der Waals surface area contributed by atoms with Crippen molar-refractivity contribution in [2.45, 2.75) is 33.3 Å². The molecule has 2 heterocycles. The highest BCUT2D eigenvalue weighted by molar-refractivity contribution is 6.10. The van der Waals surface area contributed by atoms with Gasteiger partial charge in [0.15, 0.2) is 11.5 Å². The Kier molecular flexibility index (Phi) is 6.65. The number of aryl methyl sites for hydroxylation is 1. The highest BCUT2D eigenvalue weighted by Crippen LogP contribution is 2.31. The molecule has 186 valence electrons. The Balaban J connectivity index is 1.84. The molecule has 9 heteroatoms. The molecule has 0 saturated heterocycles. The molecule has 0 atom stereocenters. The van der Waals surface area contributed by atoms with Crippen molar-refractivity contribution in [1.29, 1.82) is 0 Å². The Morgan fingerprint density at radius 2 is 1.61 bits per heavy atom. The number of anilines is 2. The quantitative estimate of drug-likeness (QED) is 0.377. The van der Waals surface area contributed by atoms with Crippen LogP contribution in [0.2, 0.25) is 0 Å². The van der Waals surface area contributed by atoms with Gasteiger partial charge in [-0.25, -0.2) is 4.79 Å². The van der Waals surface area contributed by atoms with Crippen molar-refractivity contribution in [3.8, 4) is 16.9 Å². The summed E-state index contributed by atoms with van der Waals surface area (Å²) < 4.78 is 12.7. The molecule has 0 aliphatic carbocycles. The van der Waals surface area contributed by atoms with Crippen LogP contribution in [0.25, 0.3) is 16.9 Å². The topological polar surface area (TPSA) is 102 Å². The monoisotopic (exact) mass is 487 g/mol. The standard InChI is InChI=1S/C27H29N5O4/c1-17-20(21(30-36-17)18-13-9-7-10-14-18)24(33)28-23-22(25(34)35-27(2,3)4)32(26(29-23)31(5)6)19-15-11-8-12-16-19/h7-16H,1-6H3,(H,28,33). The summed E-state index contributed by atoms with van der Waals surface area (Å²) in [7, 11) is 3.62. The second-order valence-electron chi connectivity index (χ2n) is 9.46. The van der Waals surface area contributed by atoms with E-state index in [1.54, 1.807) is 37.2 Å². The molecule has 0 aliphatic heterocycles. The van der Waals surface area contributed by atoms with E-state index in [1.165, 1.54) is 0 Å². The normalized spacial score (nSPS) is 11.3. The number of nitrogens with zero attached hydrogens (tertiary/aromatic N) is 4. The van der Waals surface area contributed by atoms with Crippen LogP contribution in [0.5, 0.6) is 0 Å². The third-order valence-electron chi connectivity index (χ3n) is 5.24. The third-order valence-corrected chi connectivity index (χ3v) is 5.24. The zero-order chi connectivity index (χ0) is 26.0. The molecule has 2 aromatic carbocycles. The number of hydrogen-bond donors (Lipinski definition) is 1. The SMILES string of the molecule is Cc1onc(-c2ccccc2)c1C(=O)Nc1nc(N(C)C)n(-c2ccccc2)c1C(=O)OC(C)(C)C. The Labute approximate surface area is 209 Å². The first-order valence-electron chi connectivity index (χ1n) is 11.5. The molecule has 0 saturated carbocycles. The summed E-state index contributed by atoms with van der Waals surface area (Å²) in [6, 6.07) is 18.6. The van der Waals surface area contributed by atoms with E-state index in [0.717, 1.165) is 5.56 Å². The lowest BCUT2D eigenvalue weighted by molar-refractivity contribution is 0.00619. The van der Waals surface area contributed by atoms with Crippen LogP contribution in [0.3, 0.4) is 0 Å². The van der Waals surface area contributed by atoms with Crippen molar-refractivity contribution < 1.29 is 18.8 Å². The zero-order valence-electron chi connectivity index (χ0n) is 21.2. The molecule has 0 bridgehead atoms. The second-order valence-corrected chi connectivity index (χ2v) is 9.46. The van der Waals surface area contributed by atoms with Crippen molar-refractivity contribution in [3.05, 3.63) is 77.7 Å². The minimum absolute atomic E-state index is 0.0708. The molecule has 0 unspecified atom stereocenters. The van der Waals surface area contributed by atoms with Crippen molar-refractivity contribution in [2.24, 2.45) is 0 Å². The Bertz CT molecular complexity index is 1380. The van der Waals surface area contributed by atoms with E-state index >= 15 is 0 Å². The molecule has 36 heavy (non-hydrogen) atoms. The van der Waals surface area contributed by atoms with E-state index in [9.17, 15) is 9.59 Å². The minimum Gasteiger partial charge on any atom is -0.455 e. The number of amides is 1. The molecular weight excluding hydrogens is 458 g/mol. The molecular formula is C27H29N5O4. The molecule has 0 fully saturated rings. The summed E-state index contributed by atoms with van der Waals surface area (Å²) in [6.07, 6.45) is 0. The summed E-state index contributed by atoms with van der Waals surface area (Å²) in [5.41, 5.74) is 1.44. The number of hydrogen-bond acceptors (Lipinski definition) is 7. The average molecular weight is 488 g/mol. The number of benzene rings is 2. The maximum atomic E-state index is 13.6. The van der Waals surface area contributed by atoms with Crippen molar-refractivity contribution in [3.63, 3.8) is 0 Å². The highest BCUT2D eigenvalue weighted by atomic mass is 16.6. The summed E-state index contributed by atoms with van der Waals surface area (Å²) in [5, 5.41) is 6.91. The molecule has 4 aromatic rings. The number of imidazole rings is 1. The van der Waals surface area contributed by atoms with Gasteiger partial charge in [-0.3, -0.25) is 9.36 Å². The number of ether oxygens (including phenoxy) is 1. The summed E-state index contributed by atoms with van der Waals surface area (Å²) in [4.78, 5) is 33.4. The largest absolute Gasteiger partial charge is 0.455 e. The first-order valence-corrected chi connectivity index (χ1v) is 11.5. The molecule has 4 rings (SSSR count). The van der Waals surface area contributed by atoms with Crippen LogP contribution in [0.15, 0.2) is 65.2 Å². The van der Waals surface area contributed by atoms with Gasteiger partial charge in [0.1, 0.15) is 22.6 Å². The van der Waals surface area contributed by atoms with Crippen LogP contribution in [-0.2, 0) is 4.74 Å². The fraction of sp³-hybridized carbons (Fsp3) is 0.259. The van der Waals surface area contributed by atoms with Crippen molar-refractivity contribution >= 4 is 23.6 Å². The number of carbonyl (C=O) groups is 2. The summed E-state index contributed by atoms with van der Waals surface area (Å²) in [6.45, 7) is 7.01. The maximum Gasteiger partial charge on any atom is 0.359 e. The lowest BCUT2D eigenvalue weighted by Crippen LogP contribution is -2.27. The van der Waals surface area contributed by atoms with Crippen LogP contribution in [0.1, 0.15) is 47.4 Å². The molecule has 0 radical (unpaired) electrons. The molecule has 9 nitrogen and oxygen atoms in total. The van der Waals surface area contributed by atoms with Gasteiger partial charge < -0.3 is 19.5 Å². The number of rotatable bonds is 6. The molecule has 0 aliphatic rings. The van der Waals surface area contributed by atoms with Crippen molar-refractivity contribution in [2.75, 3.05) is 24.3 Å². The molecule has 1 amide bonds. The Morgan fingerprint density at radius 3 is 2.19 bits per heavy atom. The van der Waals surface area contributed by atoms with Gasteiger partial charge in [-0.1, -0.05) is 53.7 Å². The third kappa shape index (κ3) is 5.00. The van der Waals surface area contributed by atoms with Crippen LogP contribution in [-0.4, -0.2) is 46.3 Å². The smallest absolute Gasteiger partial charge is 0.359 e. The van der Waals surface area contributed by atoms with E-state index in [-0.39, 0.29) is 17.1 Å². The molecule has 1 N–H and O–H groups in total. The van der Waals surface area contributed by atoms with E-state index in [4.69, 9.17) is 9.26 Å². The van der Waals surface area contributed by atoms with E-state index in [2.05, 4.69) is 15.5 Å². The number of carbonyl (C=O) groups excluding carboxylic acids is 2. The summed E-state index contributed by atoms with van der Waals surface area (Å²) in [5.74, 6) is -0.252. The van der Waals surface area contributed by atoms with E-state index in [1.807, 2.05) is 74.8 Å². The number of para-hydroxylation sites is 1. The summed E-state index contributed by atoms with van der Waals surface area (Å²) >= 11 is 0. The van der Waals surface area contributed by atoms with E-state index < -0.39 is 17.5 Å². The van der Waals surface area contributed by atoms with Gasteiger partial charge in [0.05, 0.1) is 0 Å². The Hall–Kier alpha value is -4.40. The maximum absolute atomic E-state index is 13.6. The van der Waals surface area contributed by atoms with Crippen LogP contribution in [0, 0.1) is 6.92 Å². The lowest BCUT2D eigenvalue weighted by Gasteiger charge is -2.21. The minimum atomic E-state index is -0.756. The van der Waals surface area contributed by atoms with E-state index in [0.29, 0.717) is 23.1 Å². The fourth-order valence-electron chi connectivity index (χ4n) is 3.73. The van der Waals surface area contributed by atoms with Gasteiger partial charge in [-0.2, -0.15) is 4.98 Å². The van der Waals surface area contributed by atoms with Gasteiger partial charge in [0, 0.05) is 25.3 Å². The van der Waals surface area contributed by atoms with Gasteiger partial charge in [-0.15, -0.1) is 0 Å². The van der Waals surface area contributed by atoms with Gasteiger partial charge >= 0.3 is 5.97 Å². The molecule has 2 aromatic heterocycles. The van der Waals surface area contributed by atoms with Crippen LogP contribution in [0.4, 0.5) is 11.8 Å². The van der Waals surface area contributed by atoms with Gasteiger partial charge in [0.25, 0.3) is 5.91 Å². The van der Waals surface area contributed by atoms with Crippen LogP contribution >= 0.6 is 0 Å². The number of nitrogens with one attached hydrogen (secondary N) is 1. The first kappa shape index (κ1) is 24.7. The first-order chi connectivity index (χ1) is 17.1. The van der Waals surface area contributed by atoms with Gasteiger partial charge in [-0.05, 0) is 39.8 Å². The number of esters is 1. The lowest BCUT2D eigenvalue weighted by atomic mass is 10.1. The average Bonchev–Trinajstić information content (AvgIpc) is 3.40. The van der Waals surface area contributed by atoms with Crippen LogP contribution < -0.4 is 10.2 Å².